The molecule has 3 aliphatic heterocycles. The first-order chi connectivity index (χ1) is 16.1. The van der Waals surface area contributed by atoms with Gasteiger partial charge in [0.05, 0.1) is 17.1 Å². The van der Waals surface area contributed by atoms with Crippen LogP contribution >= 0.6 is 0 Å². The Morgan fingerprint density at radius 1 is 1.03 bits per heavy atom. The van der Waals surface area contributed by atoms with Crippen LogP contribution in [0.3, 0.4) is 0 Å². The summed E-state index contributed by atoms with van der Waals surface area (Å²) < 4.78 is 8.04. The normalized spacial score (nSPS) is 22.5. The predicted octanol–water partition coefficient (Wildman–Crippen LogP) is 3.39. The molecule has 0 spiro atoms. The molecule has 1 aromatic carbocycles. The average Bonchev–Trinajstić information content (AvgIpc) is 3.57. The first kappa shape index (κ1) is 20.3. The lowest BCUT2D eigenvalue weighted by atomic mass is 10.2. The number of nitro groups is 1. The standard InChI is InChI=1S/C23H27N7O3/c1-2-29-22-19(23(26-29)27-11-3-4-12-27)21(28-13-17-9-10-18(14-28)33-17)24-20(25-22)15-5-7-16(8-6-15)30(31)32/h5-8,17-18H,2-4,9-14H2,1H3. The number of nitro benzene ring substituents is 1. The SMILES string of the molecule is CCn1nc(N2CCCC2)c2c(N3CC4CCC(C3)O4)nc(-c3ccc([N+](=O)[O-])cc3)nc21. The minimum atomic E-state index is -0.392. The summed E-state index contributed by atoms with van der Waals surface area (Å²) in [5.41, 5.74) is 1.63. The van der Waals surface area contributed by atoms with Crippen molar-refractivity contribution in [1.29, 1.82) is 0 Å². The van der Waals surface area contributed by atoms with E-state index >= 15 is 0 Å². The number of non-ortho nitro benzene ring substituents is 1. The van der Waals surface area contributed by atoms with Crippen LogP contribution in [-0.2, 0) is 11.3 Å². The summed E-state index contributed by atoms with van der Waals surface area (Å²) in [6.45, 7) is 6.37. The fourth-order valence-corrected chi connectivity index (χ4v) is 5.28. The number of fused-ring (bicyclic) bond motifs is 3. The third-order valence-electron chi connectivity index (χ3n) is 6.94. The Balaban J connectivity index is 1.53. The van der Waals surface area contributed by atoms with Gasteiger partial charge < -0.3 is 14.5 Å². The molecule has 2 aromatic heterocycles. The molecule has 33 heavy (non-hydrogen) atoms. The molecule has 3 aliphatic rings. The van der Waals surface area contributed by atoms with E-state index in [1.807, 2.05) is 4.68 Å². The van der Waals surface area contributed by atoms with Gasteiger partial charge in [-0.2, -0.15) is 5.10 Å². The van der Waals surface area contributed by atoms with Crippen molar-refractivity contribution in [2.24, 2.45) is 0 Å². The number of nitrogens with zero attached hydrogens (tertiary/aromatic N) is 7. The van der Waals surface area contributed by atoms with Gasteiger partial charge in [0.25, 0.3) is 5.69 Å². The fraction of sp³-hybridized carbons (Fsp3) is 0.522. The van der Waals surface area contributed by atoms with Crippen LogP contribution < -0.4 is 9.80 Å². The number of hydrogen-bond donors (Lipinski definition) is 0. The van der Waals surface area contributed by atoms with E-state index in [0.29, 0.717) is 12.4 Å². The predicted molar refractivity (Wildman–Crippen MR) is 125 cm³/mol. The molecule has 10 nitrogen and oxygen atoms in total. The maximum absolute atomic E-state index is 11.1. The Morgan fingerprint density at radius 3 is 2.36 bits per heavy atom. The highest BCUT2D eigenvalue weighted by molar-refractivity contribution is 5.99. The Kier molecular flexibility index (Phi) is 4.90. The highest BCUT2D eigenvalue weighted by Crippen LogP contribution is 2.38. The third kappa shape index (κ3) is 3.49. The van der Waals surface area contributed by atoms with Crippen molar-refractivity contribution in [3.05, 3.63) is 34.4 Å². The summed E-state index contributed by atoms with van der Waals surface area (Å²) in [7, 11) is 0. The zero-order valence-corrected chi connectivity index (χ0v) is 18.7. The summed E-state index contributed by atoms with van der Waals surface area (Å²) >= 11 is 0. The van der Waals surface area contributed by atoms with Crippen LogP contribution in [0.25, 0.3) is 22.4 Å². The lowest BCUT2D eigenvalue weighted by Gasteiger charge is -2.33. The highest BCUT2D eigenvalue weighted by atomic mass is 16.6. The maximum atomic E-state index is 11.1. The summed E-state index contributed by atoms with van der Waals surface area (Å²) in [6, 6.07) is 6.45. The van der Waals surface area contributed by atoms with Gasteiger partial charge in [-0.3, -0.25) is 10.1 Å². The van der Waals surface area contributed by atoms with Crippen LogP contribution in [0.1, 0.15) is 32.6 Å². The molecule has 2 unspecified atom stereocenters. The molecule has 0 radical (unpaired) electrons. The van der Waals surface area contributed by atoms with Crippen LogP contribution in [0.15, 0.2) is 24.3 Å². The number of benzene rings is 1. The van der Waals surface area contributed by atoms with Gasteiger partial charge in [-0.15, -0.1) is 0 Å². The smallest absolute Gasteiger partial charge is 0.269 e. The van der Waals surface area contributed by atoms with E-state index in [9.17, 15) is 10.1 Å². The van der Waals surface area contributed by atoms with Crippen molar-refractivity contribution >= 4 is 28.4 Å². The van der Waals surface area contributed by atoms with Crippen LogP contribution in [0.2, 0.25) is 0 Å². The molecular weight excluding hydrogens is 422 g/mol. The van der Waals surface area contributed by atoms with E-state index in [1.54, 1.807) is 12.1 Å². The van der Waals surface area contributed by atoms with Crippen LogP contribution in [0, 0.1) is 10.1 Å². The van der Waals surface area contributed by atoms with Crippen molar-refractivity contribution in [2.75, 3.05) is 36.0 Å². The average molecular weight is 450 g/mol. The van der Waals surface area contributed by atoms with E-state index in [0.717, 1.165) is 67.3 Å². The molecule has 172 valence electrons. The highest BCUT2D eigenvalue weighted by Gasteiger charge is 2.36. The monoisotopic (exact) mass is 449 g/mol. The number of anilines is 2. The Labute approximate surface area is 191 Å². The lowest BCUT2D eigenvalue weighted by molar-refractivity contribution is -0.384. The second kappa shape index (κ2) is 7.95. The molecule has 2 atom stereocenters. The molecule has 0 saturated carbocycles. The largest absolute Gasteiger partial charge is 0.371 e. The van der Waals surface area contributed by atoms with Crippen LogP contribution in [0.4, 0.5) is 17.3 Å². The van der Waals surface area contributed by atoms with Crippen molar-refractivity contribution in [1.82, 2.24) is 19.7 Å². The molecule has 3 aromatic rings. The number of ether oxygens (including phenoxy) is 1. The second-order valence-corrected chi connectivity index (χ2v) is 9.07. The van der Waals surface area contributed by atoms with E-state index in [4.69, 9.17) is 19.8 Å². The molecule has 5 heterocycles. The molecule has 0 N–H and O–H groups in total. The summed E-state index contributed by atoms with van der Waals surface area (Å²) in [5, 5.41) is 17.1. The zero-order chi connectivity index (χ0) is 22.5. The van der Waals surface area contributed by atoms with Gasteiger partial charge in [-0.1, -0.05) is 0 Å². The van der Waals surface area contributed by atoms with Gasteiger partial charge >= 0.3 is 0 Å². The Bertz CT molecular complexity index is 1190. The van der Waals surface area contributed by atoms with Gasteiger partial charge in [0, 0.05) is 50.4 Å². The number of rotatable bonds is 5. The molecule has 6 rings (SSSR count). The topological polar surface area (TPSA) is 102 Å². The third-order valence-corrected chi connectivity index (χ3v) is 6.94. The Morgan fingerprint density at radius 2 is 1.73 bits per heavy atom. The summed E-state index contributed by atoms with van der Waals surface area (Å²) in [6.07, 6.45) is 4.95. The maximum Gasteiger partial charge on any atom is 0.269 e. The van der Waals surface area contributed by atoms with Gasteiger partial charge in [0.2, 0.25) is 0 Å². The molecule has 0 aliphatic carbocycles. The van der Waals surface area contributed by atoms with Gasteiger partial charge in [0.15, 0.2) is 17.3 Å². The first-order valence-electron chi connectivity index (χ1n) is 11.8. The van der Waals surface area contributed by atoms with Crippen LogP contribution in [-0.4, -0.2) is 63.1 Å². The molecule has 10 heteroatoms. The number of aromatic nitrogens is 4. The number of hydrogen-bond acceptors (Lipinski definition) is 8. The van der Waals surface area contributed by atoms with Crippen molar-refractivity contribution < 1.29 is 9.66 Å². The Hall–Kier alpha value is -3.27. The lowest BCUT2D eigenvalue weighted by Crippen LogP contribution is -2.43. The quantitative estimate of drug-likeness (QED) is 0.431. The minimum Gasteiger partial charge on any atom is -0.371 e. The van der Waals surface area contributed by atoms with E-state index < -0.39 is 4.92 Å². The molecule has 2 bridgehead atoms. The number of aryl methyl sites for hydroxylation is 1. The van der Waals surface area contributed by atoms with E-state index in [-0.39, 0.29) is 17.9 Å². The minimum absolute atomic E-state index is 0.0553. The first-order valence-corrected chi connectivity index (χ1v) is 11.8. The van der Waals surface area contributed by atoms with Crippen molar-refractivity contribution in [3.63, 3.8) is 0 Å². The van der Waals surface area contributed by atoms with E-state index in [2.05, 4.69) is 16.7 Å². The zero-order valence-electron chi connectivity index (χ0n) is 18.7. The fourth-order valence-electron chi connectivity index (χ4n) is 5.28. The van der Waals surface area contributed by atoms with Crippen molar-refractivity contribution in [2.45, 2.75) is 51.4 Å². The van der Waals surface area contributed by atoms with Gasteiger partial charge in [0.1, 0.15) is 11.2 Å². The van der Waals surface area contributed by atoms with Gasteiger partial charge in [-0.25, -0.2) is 14.6 Å². The van der Waals surface area contributed by atoms with Gasteiger partial charge in [-0.05, 0) is 44.7 Å². The summed E-state index contributed by atoms with van der Waals surface area (Å²) in [4.78, 5) is 25.4. The molecule has 0 amide bonds. The number of morpholine rings is 1. The van der Waals surface area contributed by atoms with Crippen LogP contribution in [0.5, 0.6) is 0 Å². The van der Waals surface area contributed by atoms with E-state index in [1.165, 1.54) is 25.0 Å². The van der Waals surface area contributed by atoms with Crippen molar-refractivity contribution in [3.8, 4) is 11.4 Å². The molecule has 3 saturated heterocycles. The molecule has 3 fully saturated rings. The summed E-state index contributed by atoms with van der Waals surface area (Å²) in [5.74, 6) is 2.43. The molecular formula is C23H27N7O3. The second-order valence-electron chi connectivity index (χ2n) is 9.07.